The van der Waals surface area contributed by atoms with Crippen molar-refractivity contribution in [2.24, 2.45) is 0 Å². The Morgan fingerprint density at radius 3 is 3.10 bits per heavy atom. The average molecular weight is 164 g/mol. The Balaban J connectivity index is 2.07. The fourth-order valence-corrected chi connectivity index (χ4v) is 1.08. The largest absolute Gasteiger partial charge is 0.376 e. The van der Waals surface area contributed by atoms with Crippen LogP contribution in [0.15, 0.2) is 0 Å². The summed E-state index contributed by atoms with van der Waals surface area (Å²) in [7, 11) is 0. The van der Waals surface area contributed by atoms with Gasteiger partial charge in [-0.05, 0) is 24.4 Å². The van der Waals surface area contributed by atoms with Crippen molar-refractivity contribution in [2.75, 3.05) is 13.2 Å². The highest BCUT2D eigenvalue weighted by atomic mass is 35.5. The van der Waals surface area contributed by atoms with E-state index in [0.29, 0.717) is 6.54 Å². The van der Waals surface area contributed by atoms with Crippen molar-refractivity contribution in [1.82, 2.24) is 5.32 Å². The molecule has 0 aromatic rings. The summed E-state index contributed by atoms with van der Waals surface area (Å²) >= 11 is 5.05. The van der Waals surface area contributed by atoms with Crippen LogP contribution in [-0.4, -0.2) is 24.6 Å². The maximum atomic E-state index is 10.2. The van der Waals surface area contributed by atoms with Crippen LogP contribution in [-0.2, 0) is 4.74 Å². The Morgan fingerprint density at radius 2 is 2.60 bits per heavy atom. The average Bonchev–Trinajstić information content (AvgIpc) is 2.34. The normalized spacial score (nSPS) is 24.7. The molecule has 0 bridgehead atoms. The minimum Gasteiger partial charge on any atom is -0.376 e. The zero-order valence-corrected chi connectivity index (χ0v) is 6.36. The van der Waals surface area contributed by atoms with Crippen LogP contribution < -0.4 is 5.32 Å². The third kappa shape index (κ3) is 2.54. The van der Waals surface area contributed by atoms with E-state index < -0.39 is 5.37 Å². The molecule has 0 radical (unpaired) electrons. The first kappa shape index (κ1) is 7.82. The number of carbonyl (C=O) groups excluding carboxylic acids is 1. The van der Waals surface area contributed by atoms with Crippen molar-refractivity contribution >= 4 is 17.0 Å². The Bertz CT molecular complexity index is 123. The van der Waals surface area contributed by atoms with Gasteiger partial charge in [0.15, 0.2) is 0 Å². The fraction of sp³-hybridized carbons (Fsp3) is 0.833. The first-order chi connectivity index (χ1) is 4.79. The highest BCUT2D eigenvalue weighted by molar-refractivity contribution is 6.62. The Morgan fingerprint density at radius 1 is 1.80 bits per heavy atom. The van der Waals surface area contributed by atoms with Crippen LogP contribution in [0.5, 0.6) is 0 Å². The van der Waals surface area contributed by atoms with Gasteiger partial charge in [0.25, 0.3) is 0 Å². The van der Waals surface area contributed by atoms with Gasteiger partial charge in [-0.15, -0.1) is 0 Å². The molecule has 0 saturated carbocycles. The summed E-state index contributed by atoms with van der Waals surface area (Å²) < 4.78 is 5.23. The fourth-order valence-electron chi connectivity index (χ4n) is 0.999. The molecule has 10 heavy (non-hydrogen) atoms. The van der Waals surface area contributed by atoms with Crippen molar-refractivity contribution in [1.29, 1.82) is 0 Å². The lowest BCUT2D eigenvalue weighted by Crippen LogP contribution is -2.27. The molecule has 1 N–H and O–H groups in total. The van der Waals surface area contributed by atoms with E-state index in [2.05, 4.69) is 5.32 Å². The molecule has 1 rings (SSSR count). The molecule has 4 heteroatoms. The van der Waals surface area contributed by atoms with E-state index in [1.54, 1.807) is 0 Å². The predicted octanol–water partition coefficient (Wildman–Crippen LogP) is 1.11. The summed E-state index contributed by atoms with van der Waals surface area (Å²) in [5.74, 6) is 0. The lowest BCUT2D eigenvalue weighted by molar-refractivity contribution is 0.112. The summed E-state index contributed by atoms with van der Waals surface area (Å²) in [5, 5.41) is 1.98. The van der Waals surface area contributed by atoms with Crippen LogP contribution >= 0.6 is 11.6 Å². The van der Waals surface area contributed by atoms with E-state index in [1.165, 1.54) is 0 Å². The van der Waals surface area contributed by atoms with E-state index >= 15 is 0 Å². The molecule has 1 aliphatic rings. The predicted molar refractivity (Wildman–Crippen MR) is 38.2 cm³/mol. The summed E-state index contributed by atoms with van der Waals surface area (Å²) in [6.45, 7) is 1.35. The molecule has 1 fully saturated rings. The van der Waals surface area contributed by atoms with Gasteiger partial charge in [-0.25, -0.2) is 0 Å². The van der Waals surface area contributed by atoms with Crippen molar-refractivity contribution in [3.63, 3.8) is 0 Å². The Labute approximate surface area is 64.7 Å². The molecule has 0 spiro atoms. The van der Waals surface area contributed by atoms with Gasteiger partial charge in [-0.2, -0.15) is 0 Å². The van der Waals surface area contributed by atoms with Gasteiger partial charge in [-0.3, -0.25) is 4.79 Å². The molecule has 0 aliphatic carbocycles. The Hall–Kier alpha value is -0.280. The second-order valence-electron chi connectivity index (χ2n) is 2.29. The van der Waals surface area contributed by atoms with Gasteiger partial charge < -0.3 is 10.1 Å². The van der Waals surface area contributed by atoms with Crippen molar-refractivity contribution < 1.29 is 9.53 Å². The first-order valence-electron chi connectivity index (χ1n) is 3.34. The zero-order chi connectivity index (χ0) is 7.40. The summed E-state index contributed by atoms with van der Waals surface area (Å²) in [4.78, 5) is 10.2. The van der Waals surface area contributed by atoms with Crippen molar-refractivity contribution in [2.45, 2.75) is 18.9 Å². The lowest BCUT2D eigenvalue weighted by atomic mass is 10.2. The Kier molecular flexibility index (Phi) is 2.96. The molecular formula is C6H10ClNO2. The van der Waals surface area contributed by atoms with Crippen LogP contribution in [0.25, 0.3) is 0 Å². The minimum absolute atomic E-state index is 0.183. The van der Waals surface area contributed by atoms with Gasteiger partial charge in [0.2, 0.25) is 0 Å². The number of hydrogen-bond donors (Lipinski definition) is 1. The topological polar surface area (TPSA) is 38.3 Å². The smallest absolute Gasteiger partial charge is 0.313 e. The standard InChI is InChI=1S/C6H10ClNO2/c7-6(9)8-4-5-2-1-3-10-5/h5H,1-4H2,(H,8,9). The van der Waals surface area contributed by atoms with Crippen LogP contribution in [0.3, 0.4) is 0 Å². The van der Waals surface area contributed by atoms with E-state index in [1.807, 2.05) is 0 Å². The van der Waals surface area contributed by atoms with Gasteiger partial charge in [0.1, 0.15) is 0 Å². The van der Waals surface area contributed by atoms with Gasteiger partial charge in [0.05, 0.1) is 6.10 Å². The molecule has 1 saturated heterocycles. The maximum absolute atomic E-state index is 10.2. The van der Waals surface area contributed by atoms with E-state index in [4.69, 9.17) is 16.3 Å². The number of hydrogen-bond acceptors (Lipinski definition) is 2. The third-order valence-electron chi connectivity index (χ3n) is 1.49. The number of rotatable bonds is 2. The number of halogens is 1. The summed E-state index contributed by atoms with van der Waals surface area (Å²) in [6.07, 6.45) is 2.29. The lowest BCUT2D eigenvalue weighted by Gasteiger charge is -2.07. The SMILES string of the molecule is O=C(Cl)NCC1CCCO1. The summed E-state index contributed by atoms with van der Waals surface area (Å²) in [5.41, 5.74) is 0. The zero-order valence-electron chi connectivity index (χ0n) is 5.60. The molecule has 0 aromatic carbocycles. The molecule has 1 aliphatic heterocycles. The molecule has 3 nitrogen and oxygen atoms in total. The van der Waals surface area contributed by atoms with Gasteiger partial charge >= 0.3 is 5.37 Å². The second kappa shape index (κ2) is 3.78. The first-order valence-corrected chi connectivity index (χ1v) is 3.72. The van der Waals surface area contributed by atoms with Crippen LogP contribution in [0.4, 0.5) is 4.79 Å². The van der Waals surface area contributed by atoms with E-state index in [9.17, 15) is 4.79 Å². The number of carbonyl (C=O) groups is 1. The highest BCUT2D eigenvalue weighted by Gasteiger charge is 2.15. The third-order valence-corrected chi connectivity index (χ3v) is 1.63. The molecule has 1 unspecified atom stereocenters. The van der Waals surface area contributed by atoms with Crippen molar-refractivity contribution in [3.05, 3.63) is 0 Å². The molecule has 58 valence electrons. The van der Waals surface area contributed by atoms with E-state index in [-0.39, 0.29) is 6.10 Å². The van der Waals surface area contributed by atoms with Gasteiger partial charge in [-0.1, -0.05) is 0 Å². The summed E-state index contributed by atoms with van der Waals surface area (Å²) in [6, 6.07) is 0. The quantitative estimate of drug-likeness (QED) is 0.489. The number of ether oxygens (including phenoxy) is 1. The monoisotopic (exact) mass is 163 g/mol. The molecule has 0 aromatic heterocycles. The number of nitrogens with one attached hydrogen (secondary N) is 1. The molecular weight excluding hydrogens is 154 g/mol. The van der Waals surface area contributed by atoms with Crippen LogP contribution in [0.2, 0.25) is 0 Å². The minimum atomic E-state index is -0.504. The molecule has 1 atom stereocenters. The maximum Gasteiger partial charge on any atom is 0.313 e. The van der Waals surface area contributed by atoms with Crippen molar-refractivity contribution in [3.8, 4) is 0 Å². The van der Waals surface area contributed by atoms with Crippen LogP contribution in [0.1, 0.15) is 12.8 Å². The van der Waals surface area contributed by atoms with Crippen LogP contribution in [0, 0.1) is 0 Å². The highest BCUT2D eigenvalue weighted by Crippen LogP contribution is 2.10. The number of amides is 1. The van der Waals surface area contributed by atoms with Gasteiger partial charge in [0, 0.05) is 13.2 Å². The molecule has 1 heterocycles. The van der Waals surface area contributed by atoms with E-state index in [0.717, 1.165) is 19.4 Å². The molecule has 1 amide bonds. The second-order valence-corrected chi connectivity index (χ2v) is 2.63.